The maximum absolute atomic E-state index is 6.03. The molecule has 0 amide bonds. The maximum Gasteiger partial charge on any atom is 0.148 e. The highest BCUT2D eigenvalue weighted by molar-refractivity contribution is 14.1. The van der Waals surface area contributed by atoms with Crippen LogP contribution < -0.4 is 0 Å². The molecule has 4 nitrogen and oxygen atoms in total. The summed E-state index contributed by atoms with van der Waals surface area (Å²) in [5, 5.41) is 0.548. The van der Waals surface area contributed by atoms with Gasteiger partial charge in [0.15, 0.2) is 0 Å². The molecule has 0 aliphatic carbocycles. The largest absolute Gasteiger partial charge is 0.303 e. The predicted molar refractivity (Wildman–Crippen MR) is 72.6 cm³/mol. The Kier molecular flexibility index (Phi) is 3.99. The summed E-state index contributed by atoms with van der Waals surface area (Å²) in [6.07, 6.45) is 1.79. The first-order chi connectivity index (χ1) is 7.58. The molecule has 1 aliphatic rings. The molecule has 16 heavy (non-hydrogen) atoms. The van der Waals surface area contributed by atoms with Gasteiger partial charge in [-0.2, -0.15) is 0 Å². The number of likely N-dealkylation sites (N-methyl/N-ethyl adjacent to an activating group) is 2. The van der Waals surface area contributed by atoms with E-state index in [0.29, 0.717) is 5.15 Å². The van der Waals surface area contributed by atoms with Crippen LogP contribution in [-0.2, 0) is 0 Å². The number of nitrogens with zero attached hydrogens (tertiary/aromatic N) is 4. The van der Waals surface area contributed by atoms with Crippen LogP contribution in [0.15, 0.2) is 6.20 Å². The van der Waals surface area contributed by atoms with Crippen molar-refractivity contribution in [2.24, 2.45) is 0 Å². The zero-order chi connectivity index (χ0) is 11.7. The van der Waals surface area contributed by atoms with E-state index in [1.165, 1.54) is 0 Å². The van der Waals surface area contributed by atoms with E-state index >= 15 is 0 Å². The summed E-state index contributed by atoms with van der Waals surface area (Å²) in [4.78, 5) is 13.3. The molecule has 0 spiro atoms. The molecule has 2 rings (SSSR count). The van der Waals surface area contributed by atoms with Crippen molar-refractivity contribution in [2.75, 3.05) is 33.7 Å². The van der Waals surface area contributed by atoms with Crippen molar-refractivity contribution in [2.45, 2.75) is 6.04 Å². The second-order valence-corrected chi connectivity index (χ2v) is 5.65. The van der Waals surface area contributed by atoms with Gasteiger partial charge in [0.05, 0.1) is 9.61 Å². The summed E-state index contributed by atoms with van der Waals surface area (Å²) < 4.78 is 0.898. The molecule has 1 atom stereocenters. The molecule has 0 N–H and O–H groups in total. The third-order valence-electron chi connectivity index (χ3n) is 2.87. The predicted octanol–water partition coefficient (Wildman–Crippen LogP) is 1.65. The average molecular weight is 353 g/mol. The van der Waals surface area contributed by atoms with E-state index in [2.05, 4.69) is 56.5 Å². The molecule has 1 aliphatic heterocycles. The molecule has 6 heteroatoms. The highest BCUT2D eigenvalue weighted by atomic mass is 127. The van der Waals surface area contributed by atoms with E-state index in [-0.39, 0.29) is 6.04 Å². The zero-order valence-corrected chi connectivity index (χ0v) is 12.2. The lowest BCUT2D eigenvalue weighted by atomic mass is 10.2. The summed E-state index contributed by atoms with van der Waals surface area (Å²) >= 11 is 8.17. The molecule has 0 aromatic carbocycles. The quantitative estimate of drug-likeness (QED) is 0.568. The van der Waals surface area contributed by atoms with E-state index in [1.807, 2.05) is 0 Å². The van der Waals surface area contributed by atoms with Crippen LogP contribution in [-0.4, -0.2) is 53.5 Å². The summed E-state index contributed by atoms with van der Waals surface area (Å²) in [5.74, 6) is 0.819. The van der Waals surface area contributed by atoms with Crippen molar-refractivity contribution in [1.82, 2.24) is 19.8 Å². The van der Waals surface area contributed by atoms with Crippen LogP contribution in [0.25, 0.3) is 0 Å². The third-order valence-corrected chi connectivity index (χ3v) is 4.27. The summed E-state index contributed by atoms with van der Waals surface area (Å²) in [6, 6.07) is 0.244. The first kappa shape index (κ1) is 12.5. The van der Waals surface area contributed by atoms with Gasteiger partial charge >= 0.3 is 0 Å². The average Bonchev–Trinajstić information content (AvgIpc) is 2.26. The van der Waals surface area contributed by atoms with Crippen LogP contribution in [0.2, 0.25) is 5.15 Å². The maximum atomic E-state index is 6.03. The highest BCUT2D eigenvalue weighted by Crippen LogP contribution is 2.23. The van der Waals surface area contributed by atoms with Crippen molar-refractivity contribution < 1.29 is 0 Å². The fourth-order valence-corrected chi connectivity index (χ4v) is 2.20. The first-order valence-corrected chi connectivity index (χ1v) is 6.60. The summed E-state index contributed by atoms with van der Waals surface area (Å²) in [7, 11) is 4.22. The van der Waals surface area contributed by atoms with Crippen LogP contribution in [0, 0.1) is 3.57 Å². The van der Waals surface area contributed by atoms with Gasteiger partial charge in [0, 0.05) is 25.8 Å². The normalized spacial score (nSPS) is 23.6. The molecular weight excluding hydrogens is 338 g/mol. The highest BCUT2D eigenvalue weighted by Gasteiger charge is 2.26. The van der Waals surface area contributed by atoms with Gasteiger partial charge in [-0.25, -0.2) is 9.97 Å². The van der Waals surface area contributed by atoms with Crippen LogP contribution in [0.1, 0.15) is 11.9 Å². The van der Waals surface area contributed by atoms with Crippen LogP contribution in [0.5, 0.6) is 0 Å². The molecule has 0 bridgehead atoms. The topological polar surface area (TPSA) is 32.3 Å². The Bertz CT molecular complexity index is 387. The Balaban J connectivity index is 2.24. The lowest BCUT2D eigenvalue weighted by molar-refractivity contribution is 0.109. The number of hydrogen-bond donors (Lipinski definition) is 0. The molecule has 1 fully saturated rings. The number of hydrogen-bond acceptors (Lipinski definition) is 4. The van der Waals surface area contributed by atoms with E-state index in [0.717, 1.165) is 29.0 Å². The van der Waals surface area contributed by atoms with Gasteiger partial charge in [0.2, 0.25) is 0 Å². The molecular formula is C10H14ClIN4. The fourth-order valence-electron chi connectivity index (χ4n) is 1.81. The molecule has 1 unspecified atom stereocenters. The fraction of sp³-hybridized carbons (Fsp3) is 0.600. The van der Waals surface area contributed by atoms with Gasteiger partial charge in [-0.3, -0.25) is 4.90 Å². The molecule has 0 radical (unpaired) electrons. The minimum Gasteiger partial charge on any atom is -0.303 e. The van der Waals surface area contributed by atoms with E-state index in [1.54, 1.807) is 6.20 Å². The Morgan fingerprint density at radius 2 is 2.19 bits per heavy atom. The van der Waals surface area contributed by atoms with Gasteiger partial charge < -0.3 is 4.90 Å². The molecule has 1 aromatic heterocycles. The molecule has 0 saturated carbocycles. The van der Waals surface area contributed by atoms with Crippen LogP contribution >= 0.6 is 34.2 Å². The van der Waals surface area contributed by atoms with Crippen molar-refractivity contribution in [1.29, 1.82) is 0 Å². The van der Waals surface area contributed by atoms with Gasteiger partial charge in [0.25, 0.3) is 0 Å². The Labute approximate surface area is 114 Å². The van der Waals surface area contributed by atoms with Gasteiger partial charge in [0.1, 0.15) is 11.0 Å². The van der Waals surface area contributed by atoms with Gasteiger partial charge in [-0.05, 0) is 36.7 Å². The Hall–Kier alpha value is 0.0200. The number of halogens is 2. The van der Waals surface area contributed by atoms with Crippen molar-refractivity contribution in [3.8, 4) is 0 Å². The third kappa shape index (κ3) is 2.64. The molecule has 1 aromatic rings. The smallest absolute Gasteiger partial charge is 0.148 e. The number of piperazine rings is 1. The van der Waals surface area contributed by atoms with E-state index < -0.39 is 0 Å². The minimum absolute atomic E-state index is 0.244. The van der Waals surface area contributed by atoms with Crippen LogP contribution in [0.3, 0.4) is 0 Å². The Morgan fingerprint density at radius 1 is 1.44 bits per heavy atom. The molecule has 2 heterocycles. The SMILES string of the molecule is CN1CCN(C)C(c2ncc(I)c(Cl)n2)C1. The van der Waals surface area contributed by atoms with E-state index in [4.69, 9.17) is 11.6 Å². The standard InChI is InChI=1S/C10H14ClIN4/c1-15-3-4-16(2)8(6-15)10-13-5-7(12)9(11)14-10/h5,8H,3-4,6H2,1-2H3. The van der Waals surface area contributed by atoms with Crippen molar-refractivity contribution >= 4 is 34.2 Å². The second-order valence-electron chi connectivity index (χ2n) is 4.13. The first-order valence-electron chi connectivity index (χ1n) is 5.14. The van der Waals surface area contributed by atoms with Crippen LogP contribution in [0.4, 0.5) is 0 Å². The van der Waals surface area contributed by atoms with Crippen molar-refractivity contribution in [3.63, 3.8) is 0 Å². The molecule has 1 saturated heterocycles. The Morgan fingerprint density at radius 3 is 2.88 bits per heavy atom. The summed E-state index contributed by atoms with van der Waals surface area (Å²) in [6.45, 7) is 3.08. The lowest BCUT2D eigenvalue weighted by Gasteiger charge is -2.36. The van der Waals surface area contributed by atoms with Crippen molar-refractivity contribution in [3.05, 3.63) is 20.7 Å². The minimum atomic E-state index is 0.244. The van der Waals surface area contributed by atoms with E-state index in [9.17, 15) is 0 Å². The lowest BCUT2D eigenvalue weighted by Crippen LogP contribution is -2.45. The number of aromatic nitrogens is 2. The van der Waals surface area contributed by atoms with Gasteiger partial charge in [-0.1, -0.05) is 11.6 Å². The molecule has 88 valence electrons. The van der Waals surface area contributed by atoms with Gasteiger partial charge in [-0.15, -0.1) is 0 Å². The number of rotatable bonds is 1. The zero-order valence-electron chi connectivity index (χ0n) is 9.32. The summed E-state index contributed by atoms with van der Waals surface area (Å²) in [5.41, 5.74) is 0. The monoisotopic (exact) mass is 352 g/mol. The second kappa shape index (κ2) is 5.12.